The molecule has 2 aromatic carbocycles. The van der Waals surface area contributed by atoms with Crippen molar-refractivity contribution in [3.05, 3.63) is 84.2 Å². The number of amides is 1. The second-order valence-corrected chi connectivity index (χ2v) is 11.7. The Bertz CT molecular complexity index is 1350. The van der Waals surface area contributed by atoms with Crippen molar-refractivity contribution in [3.8, 4) is 5.75 Å². The van der Waals surface area contributed by atoms with E-state index in [0.717, 1.165) is 12.1 Å². The number of nitrogens with one attached hydrogen (secondary N) is 1. The van der Waals surface area contributed by atoms with Gasteiger partial charge in [0.05, 0.1) is 22.3 Å². The van der Waals surface area contributed by atoms with Crippen LogP contribution in [0.4, 0.5) is 5.69 Å². The molecule has 0 fully saturated rings. The molecule has 0 unspecified atom stereocenters. The molecule has 10 heteroatoms. The van der Waals surface area contributed by atoms with E-state index < -0.39 is 10.0 Å². The van der Waals surface area contributed by atoms with Gasteiger partial charge < -0.3 is 14.4 Å². The highest BCUT2D eigenvalue weighted by molar-refractivity contribution is 7.92. The molecule has 3 aromatic rings. The summed E-state index contributed by atoms with van der Waals surface area (Å²) in [5.41, 5.74) is 1.75. The van der Waals surface area contributed by atoms with Gasteiger partial charge in [0.2, 0.25) is 0 Å². The van der Waals surface area contributed by atoms with Crippen LogP contribution in [0, 0.1) is 5.92 Å². The van der Waals surface area contributed by atoms with Gasteiger partial charge in [-0.3, -0.25) is 19.4 Å². The lowest BCUT2D eigenvalue weighted by Gasteiger charge is -2.36. The summed E-state index contributed by atoms with van der Waals surface area (Å²) in [7, 11) is -0.403. The van der Waals surface area contributed by atoms with Gasteiger partial charge in [0.25, 0.3) is 15.9 Å². The summed E-state index contributed by atoms with van der Waals surface area (Å²) in [6, 6.07) is 16.8. The number of hydrogen-bond acceptors (Lipinski definition) is 7. The molecule has 9 nitrogen and oxygen atoms in total. The quantitative estimate of drug-likeness (QED) is 0.495. The second kappa shape index (κ2) is 12.6. The number of carbonyl (C=O) groups excluding carboxylic acids is 1. The number of fused-ring (bicyclic) bond motifs is 1. The van der Waals surface area contributed by atoms with Crippen molar-refractivity contribution in [2.75, 3.05) is 38.6 Å². The third kappa shape index (κ3) is 7.14. The molecule has 3 atom stereocenters. The van der Waals surface area contributed by atoms with Crippen LogP contribution in [0.2, 0.25) is 0 Å². The summed E-state index contributed by atoms with van der Waals surface area (Å²) >= 11 is 0. The van der Waals surface area contributed by atoms with Crippen molar-refractivity contribution in [2.24, 2.45) is 5.92 Å². The average molecular weight is 553 g/mol. The van der Waals surface area contributed by atoms with E-state index in [1.165, 1.54) is 12.1 Å². The van der Waals surface area contributed by atoms with E-state index in [9.17, 15) is 13.2 Å². The Morgan fingerprint density at radius 2 is 1.85 bits per heavy atom. The van der Waals surface area contributed by atoms with E-state index in [0.29, 0.717) is 36.7 Å². The molecule has 1 aliphatic rings. The fourth-order valence-corrected chi connectivity index (χ4v) is 5.74. The third-order valence-corrected chi connectivity index (χ3v) is 8.39. The van der Waals surface area contributed by atoms with Gasteiger partial charge in [-0.05, 0) is 48.7 Å². The Kier molecular flexibility index (Phi) is 9.21. The van der Waals surface area contributed by atoms with Gasteiger partial charge >= 0.3 is 0 Å². The standard InChI is InChI=1S/C29H36N4O5S/c1-21-17-33(18-23-9-8-14-30-16-23)22(2)20-38-27-15-24(31-39(35,36)25-10-6-5-7-11-25)12-13-26(27)29(34)32(3)19-28(21)37-4/h5-16,21-22,28,31H,17-20H2,1-4H3/t21-,22+,28+/m1/s1. The number of ether oxygens (including phenoxy) is 2. The minimum Gasteiger partial charge on any atom is -0.491 e. The number of rotatable bonds is 6. The van der Waals surface area contributed by atoms with E-state index in [-0.39, 0.29) is 28.9 Å². The summed E-state index contributed by atoms with van der Waals surface area (Å²) in [6.45, 7) is 6.30. The molecule has 208 valence electrons. The van der Waals surface area contributed by atoms with Crippen molar-refractivity contribution >= 4 is 21.6 Å². The Hall–Kier alpha value is -3.47. The van der Waals surface area contributed by atoms with Crippen LogP contribution < -0.4 is 9.46 Å². The molecular weight excluding hydrogens is 516 g/mol. The van der Waals surface area contributed by atoms with E-state index in [1.54, 1.807) is 61.7 Å². The molecule has 2 heterocycles. The highest BCUT2D eigenvalue weighted by atomic mass is 32.2. The maximum absolute atomic E-state index is 13.5. The lowest BCUT2D eigenvalue weighted by Crippen LogP contribution is -2.46. The summed E-state index contributed by atoms with van der Waals surface area (Å²) in [4.78, 5) is 21.8. The smallest absolute Gasteiger partial charge is 0.261 e. The first kappa shape index (κ1) is 28.5. The zero-order chi connectivity index (χ0) is 28.0. The molecular formula is C29H36N4O5S. The largest absolute Gasteiger partial charge is 0.491 e. The normalized spacial score (nSPS) is 21.3. The van der Waals surface area contributed by atoms with Gasteiger partial charge in [-0.25, -0.2) is 8.42 Å². The van der Waals surface area contributed by atoms with Gasteiger partial charge in [-0.1, -0.05) is 31.2 Å². The van der Waals surface area contributed by atoms with Crippen LogP contribution >= 0.6 is 0 Å². The third-order valence-electron chi connectivity index (χ3n) is 6.99. The van der Waals surface area contributed by atoms with Crippen LogP contribution in [0.3, 0.4) is 0 Å². The molecule has 39 heavy (non-hydrogen) atoms. The average Bonchev–Trinajstić information content (AvgIpc) is 2.94. The lowest BCUT2D eigenvalue weighted by molar-refractivity contribution is 0.00920. The molecule has 0 aliphatic carbocycles. The first-order chi connectivity index (χ1) is 18.7. The van der Waals surface area contributed by atoms with Crippen LogP contribution in [0.15, 0.2) is 78.0 Å². The Balaban J connectivity index is 1.66. The fourth-order valence-electron chi connectivity index (χ4n) is 4.67. The van der Waals surface area contributed by atoms with Gasteiger partial charge in [-0.2, -0.15) is 0 Å². The van der Waals surface area contributed by atoms with Crippen molar-refractivity contribution in [1.82, 2.24) is 14.8 Å². The second-order valence-electron chi connectivity index (χ2n) is 10.0. The number of nitrogens with zero attached hydrogens (tertiary/aromatic N) is 3. The number of methoxy groups -OCH3 is 1. The highest BCUT2D eigenvalue weighted by Crippen LogP contribution is 2.28. The fraction of sp³-hybridized carbons (Fsp3) is 0.379. The SMILES string of the molecule is CO[C@H]1CN(C)C(=O)c2ccc(NS(=O)(=O)c3ccccc3)cc2OC[C@H](C)N(Cc2cccnc2)C[C@H]1C. The number of aromatic nitrogens is 1. The number of benzene rings is 2. The zero-order valence-electron chi connectivity index (χ0n) is 22.8. The first-order valence-electron chi connectivity index (χ1n) is 12.9. The first-order valence-corrected chi connectivity index (χ1v) is 14.4. The van der Waals surface area contributed by atoms with Crippen LogP contribution in [0.1, 0.15) is 29.8 Å². The molecule has 0 spiro atoms. The number of pyridine rings is 1. The maximum atomic E-state index is 13.5. The topological polar surface area (TPSA) is 101 Å². The summed E-state index contributed by atoms with van der Waals surface area (Å²) in [5.74, 6) is 0.228. The van der Waals surface area contributed by atoms with Gasteiger partial charge in [0.15, 0.2) is 0 Å². The van der Waals surface area contributed by atoms with Gasteiger partial charge in [-0.15, -0.1) is 0 Å². The summed E-state index contributed by atoms with van der Waals surface area (Å²) < 4.78 is 40.5. The molecule has 1 aliphatic heterocycles. The molecule has 1 aromatic heterocycles. The highest BCUT2D eigenvalue weighted by Gasteiger charge is 2.29. The molecule has 0 radical (unpaired) electrons. The van der Waals surface area contributed by atoms with Crippen LogP contribution in [-0.4, -0.2) is 75.1 Å². The monoisotopic (exact) mass is 552 g/mol. The van der Waals surface area contributed by atoms with Crippen LogP contribution in [0.25, 0.3) is 0 Å². The zero-order valence-corrected chi connectivity index (χ0v) is 23.6. The molecule has 1 amide bonds. The summed E-state index contributed by atoms with van der Waals surface area (Å²) in [6.07, 6.45) is 3.43. The van der Waals surface area contributed by atoms with E-state index in [4.69, 9.17) is 9.47 Å². The molecule has 0 saturated heterocycles. The minimum atomic E-state index is -3.81. The van der Waals surface area contributed by atoms with Crippen LogP contribution in [-0.2, 0) is 21.3 Å². The maximum Gasteiger partial charge on any atom is 0.261 e. The Morgan fingerprint density at radius 3 is 2.54 bits per heavy atom. The predicted octanol–water partition coefficient (Wildman–Crippen LogP) is 3.89. The predicted molar refractivity (Wildman–Crippen MR) is 150 cm³/mol. The van der Waals surface area contributed by atoms with Gasteiger partial charge in [0, 0.05) is 58.3 Å². The molecule has 4 rings (SSSR count). The Morgan fingerprint density at radius 1 is 1.08 bits per heavy atom. The van der Waals surface area contributed by atoms with E-state index in [1.807, 2.05) is 18.3 Å². The van der Waals surface area contributed by atoms with E-state index >= 15 is 0 Å². The van der Waals surface area contributed by atoms with Gasteiger partial charge in [0.1, 0.15) is 12.4 Å². The number of carbonyl (C=O) groups is 1. The minimum absolute atomic E-state index is 0.0186. The van der Waals surface area contributed by atoms with Crippen molar-refractivity contribution in [2.45, 2.75) is 37.4 Å². The van der Waals surface area contributed by atoms with Crippen molar-refractivity contribution in [1.29, 1.82) is 0 Å². The molecule has 0 saturated carbocycles. The number of sulfonamides is 1. The molecule has 0 bridgehead atoms. The lowest BCUT2D eigenvalue weighted by atomic mass is 10.0. The molecule has 1 N–H and O–H groups in total. The Labute approximate surface area is 230 Å². The van der Waals surface area contributed by atoms with Crippen molar-refractivity contribution < 1.29 is 22.7 Å². The summed E-state index contributed by atoms with van der Waals surface area (Å²) in [5, 5.41) is 0. The number of hydrogen-bond donors (Lipinski definition) is 1. The van der Waals surface area contributed by atoms with Crippen LogP contribution in [0.5, 0.6) is 5.75 Å². The van der Waals surface area contributed by atoms with Crippen molar-refractivity contribution in [3.63, 3.8) is 0 Å². The van der Waals surface area contributed by atoms with E-state index in [2.05, 4.69) is 28.5 Å². The number of likely N-dealkylation sites (N-methyl/N-ethyl adjacent to an activating group) is 1. The number of anilines is 1.